The monoisotopic (exact) mass is 162 g/mol. The Labute approximate surface area is 75.7 Å². The van der Waals surface area contributed by atoms with Gasteiger partial charge in [0.15, 0.2) is 0 Å². The lowest BCUT2D eigenvalue weighted by atomic mass is 9.83. The molecule has 0 saturated heterocycles. The molecule has 1 aliphatic carbocycles. The lowest BCUT2D eigenvalue weighted by molar-refractivity contribution is 0.499. The summed E-state index contributed by atoms with van der Waals surface area (Å²) in [6.07, 6.45) is 9.76. The third-order valence-corrected chi connectivity index (χ3v) is 2.49. The Morgan fingerprint density at radius 3 is 2.33 bits per heavy atom. The smallest absolute Gasteiger partial charge is 0.00947 e. The van der Waals surface area contributed by atoms with Crippen LogP contribution in [0, 0.1) is 5.41 Å². The van der Waals surface area contributed by atoms with Crippen LogP contribution in [0.25, 0.3) is 0 Å². The summed E-state index contributed by atoms with van der Waals surface area (Å²) in [6.45, 7) is 9.03. The summed E-state index contributed by atoms with van der Waals surface area (Å²) in [5.74, 6) is 0. The van der Waals surface area contributed by atoms with Crippen LogP contribution < -0.4 is 0 Å². The summed E-state index contributed by atoms with van der Waals surface area (Å²) in [4.78, 5) is 0. The summed E-state index contributed by atoms with van der Waals surface area (Å²) in [5.41, 5.74) is 3.29. The molecule has 0 saturated carbocycles. The molecule has 0 fully saturated rings. The highest BCUT2D eigenvalue weighted by molar-refractivity contribution is 5.34. The lowest BCUT2D eigenvalue weighted by Crippen LogP contribution is -2.09. The molecular weight excluding hydrogens is 144 g/mol. The molecule has 1 rings (SSSR count). The van der Waals surface area contributed by atoms with Crippen molar-refractivity contribution < 1.29 is 0 Å². The van der Waals surface area contributed by atoms with Crippen LogP contribution in [0.4, 0.5) is 0 Å². The van der Waals surface area contributed by atoms with Gasteiger partial charge in [-0.3, -0.25) is 0 Å². The van der Waals surface area contributed by atoms with Gasteiger partial charge in [0, 0.05) is 0 Å². The summed E-state index contributed by atoms with van der Waals surface area (Å²) in [6, 6.07) is 0. The van der Waals surface area contributed by atoms with Crippen molar-refractivity contribution in [3.05, 3.63) is 35.5 Å². The minimum Gasteiger partial charge on any atom is -0.0801 e. The number of allylic oxidation sites excluding steroid dienone is 6. The molecule has 0 heterocycles. The van der Waals surface area contributed by atoms with E-state index in [1.807, 2.05) is 0 Å². The number of rotatable bonds is 0. The Bertz CT molecular complexity index is 244. The van der Waals surface area contributed by atoms with Crippen molar-refractivity contribution in [2.75, 3.05) is 0 Å². The maximum atomic E-state index is 2.27. The fraction of sp³-hybridized carbons (Fsp3) is 0.500. The molecule has 0 nitrogen and oxygen atoms in total. The molecule has 0 unspecified atom stereocenters. The molecule has 0 aromatic rings. The highest BCUT2D eigenvalue weighted by Crippen LogP contribution is 2.30. The summed E-state index contributed by atoms with van der Waals surface area (Å²) in [5, 5.41) is 0. The van der Waals surface area contributed by atoms with Gasteiger partial charge >= 0.3 is 0 Å². The van der Waals surface area contributed by atoms with Gasteiger partial charge in [-0.15, -0.1) is 0 Å². The third kappa shape index (κ3) is 2.10. The topological polar surface area (TPSA) is 0 Å². The molecule has 0 atom stereocenters. The fourth-order valence-electron chi connectivity index (χ4n) is 1.27. The van der Waals surface area contributed by atoms with E-state index in [2.05, 4.69) is 52.0 Å². The van der Waals surface area contributed by atoms with Gasteiger partial charge in [-0.25, -0.2) is 0 Å². The maximum Gasteiger partial charge on any atom is -0.00947 e. The minimum atomic E-state index is 0.310. The van der Waals surface area contributed by atoms with Crippen LogP contribution in [0.5, 0.6) is 0 Å². The highest BCUT2D eigenvalue weighted by Gasteiger charge is 2.15. The van der Waals surface area contributed by atoms with Crippen molar-refractivity contribution in [2.24, 2.45) is 5.41 Å². The summed E-state index contributed by atoms with van der Waals surface area (Å²) in [7, 11) is 0. The first-order chi connectivity index (χ1) is 5.52. The Hall–Kier alpha value is -0.780. The number of hydrogen-bond acceptors (Lipinski definition) is 0. The first-order valence-corrected chi connectivity index (χ1v) is 4.55. The Balaban J connectivity index is 2.91. The molecule has 0 spiro atoms. The van der Waals surface area contributed by atoms with Crippen LogP contribution in [0.1, 0.15) is 34.1 Å². The second-order valence-electron chi connectivity index (χ2n) is 4.39. The van der Waals surface area contributed by atoms with Crippen LogP contribution in [0.3, 0.4) is 0 Å². The van der Waals surface area contributed by atoms with E-state index in [1.165, 1.54) is 11.1 Å². The summed E-state index contributed by atoms with van der Waals surface area (Å²) >= 11 is 0. The van der Waals surface area contributed by atoms with E-state index in [-0.39, 0.29) is 0 Å². The van der Waals surface area contributed by atoms with Gasteiger partial charge in [-0.2, -0.15) is 0 Å². The molecule has 12 heavy (non-hydrogen) atoms. The second kappa shape index (κ2) is 3.30. The zero-order valence-corrected chi connectivity index (χ0v) is 8.52. The zero-order chi connectivity index (χ0) is 9.19. The van der Waals surface area contributed by atoms with Crippen molar-refractivity contribution in [1.82, 2.24) is 0 Å². The number of hydrogen-bond donors (Lipinski definition) is 0. The molecule has 0 amide bonds. The first kappa shape index (κ1) is 9.31. The SMILES string of the molecule is C/C(=C1/C=CC=CC1)C(C)(C)C. The van der Waals surface area contributed by atoms with Gasteiger partial charge in [0.05, 0.1) is 0 Å². The standard InChI is InChI=1S/C12H18/c1-10(12(2,3)4)11-8-6-5-7-9-11/h5-8H,9H2,1-4H3/b11-10+. The van der Waals surface area contributed by atoms with E-state index in [0.29, 0.717) is 5.41 Å². The van der Waals surface area contributed by atoms with E-state index in [1.54, 1.807) is 0 Å². The van der Waals surface area contributed by atoms with Crippen molar-refractivity contribution >= 4 is 0 Å². The molecule has 0 aliphatic heterocycles. The fourth-order valence-corrected chi connectivity index (χ4v) is 1.27. The molecular formula is C12H18. The normalized spacial score (nSPS) is 21.3. The van der Waals surface area contributed by atoms with Gasteiger partial charge in [0.25, 0.3) is 0 Å². The maximum absolute atomic E-state index is 2.27. The highest BCUT2D eigenvalue weighted by atomic mass is 14.2. The molecule has 0 heteroatoms. The average Bonchev–Trinajstić information content (AvgIpc) is 2.03. The van der Waals surface area contributed by atoms with E-state index in [0.717, 1.165) is 6.42 Å². The Morgan fingerprint density at radius 1 is 1.25 bits per heavy atom. The molecule has 1 aliphatic rings. The lowest BCUT2D eigenvalue weighted by Gasteiger charge is -2.23. The van der Waals surface area contributed by atoms with Crippen molar-refractivity contribution in [2.45, 2.75) is 34.1 Å². The van der Waals surface area contributed by atoms with Crippen LogP contribution in [0.2, 0.25) is 0 Å². The van der Waals surface area contributed by atoms with E-state index in [9.17, 15) is 0 Å². The zero-order valence-electron chi connectivity index (χ0n) is 8.52. The Kier molecular flexibility index (Phi) is 2.56. The molecule has 0 aromatic heterocycles. The molecule has 66 valence electrons. The minimum absolute atomic E-state index is 0.310. The van der Waals surface area contributed by atoms with Crippen molar-refractivity contribution in [3.8, 4) is 0 Å². The van der Waals surface area contributed by atoms with Crippen LogP contribution in [-0.2, 0) is 0 Å². The van der Waals surface area contributed by atoms with E-state index < -0.39 is 0 Å². The van der Waals surface area contributed by atoms with Crippen molar-refractivity contribution in [1.29, 1.82) is 0 Å². The average molecular weight is 162 g/mol. The van der Waals surface area contributed by atoms with Gasteiger partial charge in [0.1, 0.15) is 0 Å². The van der Waals surface area contributed by atoms with Crippen LogP contribution >= 0.6 is 0 Å². The first-order valence-electron chi connectivity index (χ1n) is 4.55. The van der Waals surface area contributed by atoms with E-state index in [4.69, 9.17) is 0 Å². The predicted octanol–water partition coefficient (Wildman–Crippen LogP) is 3.87. The van der Waals surface area contributed by atoms with Gasteiger partial charge in [-0.05, 0) is 24.3 Å². The second-order valence-corrected chi connectivity index (χ2v) is 4.39. The van der Waals surface area contributed by atoms with Gasteiger partial charge < -0.3 is 0 Å². The predicted molar refractivity (Wildman–Crippen MR) is 55.1 cm³/mol. The molecule has 0 aromatic carbocycles. The third-order valence-electron chi connectivity index (χ3n) is 2.49. The summed E-state index contributed by atoms with van der Waals surface area (Å²) < 4.78 is 0. The van der Waals surface area contributed by atoms with Gasteiger partial charge in [0.2, 0.25) is 0 Å². The molecule has 0 radical (unpaired) electrons. The van der Waals surface area contributed by atoms with E-state index >= 15 is 0 Å². The molecule has 0 N–H and O–H groups in total. The van der Waals surface area contributed by atoms with Crippen LogP contribution in [0.15, 0.2) is 35.5 Å². The van der Waals surface area contributed by atoms with Crippen molar-refractivity contribution in [3.63, 3.8) is 0 Å². The van der Waals surface area contributed by atoms with Crippen LogP contribution in [-0.4, -0.2) is 0 Å². The molecule has 0 bridgehead atoms. The largest absolute Gasteiger partial charge is 0.0801 e. The van der Waals surface area contributed by atoms with Gasteiger partial charge in [-0.1, -0.05) is 50.6 Å². The quantitative estimate of drug-likeness (QED) is 0.507. The Morgan fingerprint density at radius 2 is 1.92 bits per heavy atom.